The van der Waals surface area contributed by atoms with Crippen molar-refractivity contribution < 1.29 is 28.8 Å². The van der Waals surface area contributed by atoms with E-state index in [9.17, 15) is 19.5 Å². The highest BCUT2D eigenvalue weighted by atomic mass is 16.6. The van der Waals surface area contributed by atoms with Gasteiger partial charge in [0, 0.05) is 23.7 Å². The third kappa shape index (κ3) is 6.44. The van der Waals surface area contributed by atoms with Crippen molar-refractivity contribution in [3.8, 4) is 11.5 Å². The van der Waals surface area contributed by atoms with Crippen LogP contribution in [0.15, 0.2) is 144 Å². The van der Waals surface area contributed by atoms with E-state index in [1.54, 1.807) is 38.5 Å². The Morgan fingerprint density at radius 3 is 1.90 bits per heavy atom. The number of nitrogens with zero attached hydrogens (tertiary/aromatic N) is 2. The molecule has 1 fully saturated rings. The summed E-state index contributed by atoms with van der Waals surface area (Å²) in [7, 11) is 3.20. The fraction of sp³-hybridized carbons (Fsp3) is 0.225. The van der Waals surface area contributed by atoms with Crippen molar-refractivity contribution in [1.82, 2.24) is 9.13 Å². The number of benzene rings is 4. The number of allylic oxidation sites excluding steroid dienone is 1. The molecule has 0 radical (unpaired) electrons. The minimum atomic E-state index is -1.18. The van der Waals surface area contributed by atoms with E-state index in [2.05, 4.69) is 6.58 Å². The molecular formula is C40H38N2O8. The van der Waals surface area contributed by atoms with Crippen LogP contribution in [0.25, 0.3) is 0 Å². The first-order valence-electron chi connectivity index (χ1n) is 16.2. The molecule has 10 nitrogen and oxygen atoms in total. The Labute approximate surface area is 289 Å². The van der Waals surface area contributed by atoms with Crippen LogP contribution in [0.3, 0.4) is 0 Å². The van der Waals surface area contributed by atoms with Crippen LogP contribution in [0.5, 0.6) is 11.5 Å². The van der Waals surface area contributed by atoms with Gasteiger partial charge >= 0.3 is 5.69 Å². The van der Waals surface area contributed by atoms with E-state index in [0.717, 1.165) is 22.8 Å². The summed E-state index contributed by atoms with van der Waals surface area (Å²) in [6, 6.07) is 34.1. The van der Waals surface area contributed by atoms with Crippen molar-refractivity contribution in [3.05, 3.63) is 177 Å². The molecule has 1 saturated heterocycles. The van der Waals surface area contributed by atoms with Crippen molar-refractivity contribution in [3.63, 3.8) is 0 Å². The smallest absolute Gasteiger partial charge is 0.340 e. The van der Waals surface area contributed by atoms with E-state index < -0.39 is 47.1 Å². The van der Waals surface area contributed by atoms with Gasteiger partial charge in [0.05, 0.1) is 26.9 Å². The summed E-state index contributed by atoms with van der Waals surface area (Å²) in [5, 5.41) is 11.7. The topological polar surface area (TPSA) is 118 Å². The second-order valence-corrected chi connectivity index (χ2v) is 11.9. The molecule has 10 heteroatoms. The molecule has 50 heavy (non-hydrogen) atoms. The molecule has 0 saturated carbocycles. The number of carbonyl (C=O) groups is 1. The fourth-order valence-corrected chi connectivity index (χ4v) is 6.53. The summed E-state index contributed by atoms with van der Waals surface area (Å²) in [4.78, 5) is 39.9. The summed E-state index contributed by atoms with van der Waals surface area (Å²) in [5.74, 6) is -0.0646. The Balaban J connectivity index is 1.40. The van der Waals surface area contributed by atoms with E-state index in [1.807, 2.05) is 78.9 Å². The summed E-state index contributed by atoms with van der Waals surface area (Å²) >= 11 is 0. The number of aliphatic hydroxyl groups excluding tert-OH is 1. The number of hydrogen-bond donors (Lipinski definition) is 1. The molecule has 5 aromatic rings. The highest BCUT2D eigenvalue weighted by molar-refractivity contribution is 5.95. The molecule has 0 bridgehead atoms. The quantitative estimate of drug-likeness (QED) is 0.142. The summed E-state index contributed by atoms with van der Waals surface area (Å²) in [6.45, 7) is 3.75. The number of aromatic nitrogens is 2. The monoisotopic (exact) mass is 674 g/mol. The van der Waals surface area contributed by atoms with Crippen molar-refractivity contribution in [2.75, 3.05) is 20.8 Å². The third-order valence-corrected chi connectivity index (χ3v) is 9.08. The number of aliphatic hydroxyl groups is 1. The van der Waals surface area contributed by atoms with Gasteiger partial charge in [0.1, 0.15) is 29.4 Å². The SMILES string of the molecule is C=CC[C@@H]1[C@H](O)[C@@H](COC(c2ccccc2)(c2ccc(OC)cc2)c2ccc(OC)cc2)O[C@H]1n1ccc(=O)n(C(=O)c2ccccc2)c1=O. The molecule has 1 N–H and O–H groups in total. The fourth-order valence-electron chi connectivity index (χ4n) is 6.53. The van der Waals surface area contributed by atoms with Crippen molar-refractivity contribution in [2.45, 2.75) is 30.5 Å². The van der Waals surface area contributed by atoms with Crippen LogP contribution in [-0.4, -0.2) is 53.2 Å². The molecule has 1 aromatic heterocycles. The minimum absolute atomic E-state index is 0.102. The Morgan fingerprint density at radius 1 is 0.820 bits per heavy atom. The molecule has 0 aliphatic carbocycles. The molecule has 1 aliphatic rings. The molecule has 4 aromatic carbocycles. The maximum atomic E-state index is 13.8. The van der Waals surface area contributed by atoms with Gasteiger partial charge in [0.2, 0.25) is 0 Å². The van der Waals surface area contributed by atoms with E-state index >= 15 is 0 Å². The lowest BCUT2D eigenvalue weighted by Gasteiger charge is -2.37. The van der Waals surface area contributed by atoms with Gasteiger partial charge in [-0.15, -0.1) is 6.58 Å². The molecule has 0 spiro atoms. The van der Waals surface area contributed by atoms with Crippen LogP contribution >= 0.6 is 0 Å². The zero-order valence-corrected chi connectivity index (χ0v) is 27.8. The zero-order valence-electron chi connectivity index (χ0n) is 27.8. The summed E-state index contributed by atoms with van der Waals surface area (Å²) < 4.78 is 26.1. The third-order valence-electron chi connectivity index (χ3n) is 9.08. The maximum absolute atomic E-state index is 13.8. The van der Waals surface area contributed by atoms with E-state index in [4.69, 9.17) is 18.9 Å². The van der Waals surface area contributed by atoms with E-state index in [1.165, 1.54) is 22.9 Å². The number of carbonyl (C=O) groups excluding carboxylic acids is 1. The lowest BCUT2D eigenvalue weighted by Crippen LogP contribution is -2.45. The van der Waals surface area contributed by atoms with Crippen molar-refractivity contribution in [1.29, 1.82) is 0 Å². The molecular weight excluding hydrogens is 636 g/mol. The lowest BCUT2D eigenvalue weighted by atomic mass is 9.80. The number of hydrogen-bond acceptors (Lipinski definition) is 8. The first-order chi connectivity index (χ1) is 24.3. The van der Waals surface area contributed by atoms with Crippen LogP contribution in [-0.2, 0) is 15.1 Å². The molecule has 2 heterocycles. The second kappa shape index (κ2) is 14.9. The van der Waals surface area contributed by atoms with Gasteiger partial charge < -0.3 is 24.1 Å². The van der Waals surface area contributed by atoms with Crippen molar-refractivity contribution >= 4 is 5.91 Å². The largest absolute Gasteiger partial charge is 0.497 e. The molecule has 0 unspecified atom stereocenters. The highest BCUT2D eigenvalue weighted by Crippen LogP contribution is 2.43. The van der Waals surface area contributed by atoms with Crippen LogP contribution in [0.1, 0.15) is 39.7 Å². The Bertz CT molecular complexity index is 1990. The normalized spacial score (nSPS) is 18.8. The Morgan fingerprint density at radius 2 is 1.36 bits per heavy atom. The van der Waals surface area contributed by atoms with Crippen LogP contribution in [0.4, 0.5) is 0 Å². The zero-order chi connectivity index (χ0) is 35.3. The van der Waals surface area contributed by atoms with Crippen LogP contribution < -0.4 is 20.7 Å². The second-order valence-electron chi connectivity index (χ2n) is 11.9. The van der Waals surface area contributed by atoms with E-state index in [-0.39, 0.29) is 18.6 Å². The molecule has 4 atom stereocenters. The molecule has 0 amide bonds. The maximum Gasteiger partial charge on any atom is 0.340 e. The van der Waals surface area contributed by atoms with E-state index in [0.29, 0.717) is 16.1 Å². The Kier molecular flexibility index (Phi) is 10.2. The molecule has 256 valence electrons. The van der Waals surface area contributed by atoms with Gasteiger partial charge in [-0.1, -0.05) is 78.9 Å². The van der Waals surface area contributed by atoms with Gasteiger partial charge in [-0.25, -0.2) is 4.79 Å². The van der Waals surface area contributed by atoms with Gasteiger partial charge in [0.15, 0.2) is 0 Å². The lowest BCUT2D eigenvalue weighted by molar-refractivity contribution is -0.0950. The van der Waals surface area contributed by atoms with Crippen LogP contribution in [0.2, 0.25) is 0 Å². The predicted octanol–water partition coefficient (Wildman–Crippen LogP) is 5.18. The summed E-state index contributed by atoms with van der Waals surface area (Å²) in [6.07, 6.45) is 0.150. The average molecular weight is 675 g/mol. The summed E-state index contributed by atoms with van der Waals surface area (Å²) in [5.41, 5.74) is -0.237. The minimum Gasteiger partial charge on any atom is -0.497 e. The standard InChI is InChI=1S/C40H38N2O8/c1-4-11-33-36(44)34(50-38(33)41-25-24-35(43)42(39(41)46)37(45)27-12-7-5-8-13-27)26-49-40(28-14-9-6-10-15-28,29-16-20-31(47-2)21-17-29)30-18-22-32(48-3)23-19-30/h4-10,12-25,33-34,36,38,44H,1,11,26H2,2-3H3/t33-,34-,36+,38-/m1/s1. The number of ether oxygens (including phenoxy) is 4. The average Bonchev–Trinajstić information content (AvgIpc) is 3.47. The number of rotatable bonds is 12. The highest BCUT2D eigenvalue weighted by Gasteiger charge is 2.47. The van der Waals surface area contributed by atoms with Gasteiger partial charge in [0.25, 0.3) is 11.5 Å². The number of methoxy groups -OCH3 is 2. The Hall–Kier alpha value is -5.55. The predicted molar refractivity (Wildman–Crippen MR) is 188 cm³/mol. The van der Waals surface area contributed by atoms with Gasteiger partial charge in [-0.3, -0.25) is 14.2 Å². The first kappa shape index (κ1) is 34.3. The molecule has 1 aliphatic heterocycles. The molecule has 6 rings (SSSR count). The first-order valence-corrected chi connectivity index (χ1v) is 16.2. The van der Waals surface area contributed by atoms with Gasteiger partial charge in [-0.2, -0.15) is 4.57 Å². The van der Waals surface area contributed by atoms with Gasteiger partial charge in [-0.05, 0) is 59.5 Å². The van der Waals surface area contributed by atoms with Crippen molar-refractivity contribution in [2.24, 2.45) is 5.92 Å². The van der Waals surface area contributed by atoms with Crippen LogP contribution in [0, 0.1) is 5.92 Å².